The van der Waals surface area contributed by atoms with Crippen molar-refractivity contribution in [3.8, 4) is 0 Å². The molecule has 0 spiro atoms. The van der Waals surface area contributed by atoms with Crippen molar-refractivity contribution in [3.63, 3.8) is 0 Å². The van der Waals surface area contributed by atoms with Gasteiger partial charge in [0.05, 0.1) is 11.0 Å². The first-order chi connectivity index (χ1) is 9.81. The zero-order valence-corrected chi connectivity index (χ0v) is 12.1. The first kappa shape index (κ1) is 13.2. The molecule has 3 rings (SSSR count). The van der Waals surface area contributed by atoms with Gasteiger partial charge in [0.15, 0.2) is 5.11 Å². The molecule has 1 aliphatic rings. The lowest BCUT2D eigenvalue weighted by Gasteiger charge is -2.24. The second kappa shape index (κ2) is 6.09. The van der Waals surface area contributed by atoms with Crippen LogP contribution >= 0.6 is 12.2 Å². The lowest BCUT2D eigenvalue weighted by Crippen LogP contribution is -2.44. The zero-order valence-electron chi connectivity index (χ0n) is 11.3. The number of hydrogen-bond acceptors (Lipinski definition) is 3. The van der Waals surface area contributed by atoms with Crippen molar-refractivity contribution in [3.05, 3.63) is 24.3 Å². The summed E-state index contributed by atoms with van der Waals surface area (Å²) in [5.41, 5.74) is 7.92. The van der Waals surface area contributed by atoms with Crippen molar-refractivity contribution in [1.29, 1.82) is 0 Å². The average Bonchev–Trinajstić information content (AvgIpc) is 2.89. The van der Waals surface area contributed by atoms with Crippen LogP contribution in [0.2, 0.25) is 0 Å². The molecule has 5 nitrogen and oxygen atoms in total. The maximum Gasteiger partial charge on any atom is 0.220 e. The number of hydrazine groups is 1. The molecule has 1 aromatic heterocycles. The molecule has 1 aliphatic carbocycles. The molecule has 0 unspecified atom stereocenters. The number of nitrogens with zero attached hydrogens (tertiary/aromatic N) is 1. The Balaban J connectivity index is 1.51. The van der Waals surface area contributed by atoms with Crippen molar-refractivity contribution < 1.29 is 0 Å². The van der Waals surface area contributed by atoms with E-state index in [2.05, 4.69) is 26.1 Å². The third kappa shape index (κ3) is 3.19. The minimum Gasteiger partial charge on any atom is -0.359 e. The van der Waals surface area contributed by atoms with Gasteiger partial charge in [0.1, 0.15) is 0 Å². The lowest BCUT2D eigenvalue weighted by molar-refractivity contribution is 0.412. The van der Waals surface area contributed by atoms with Crippen molar-refractivity contribution in [1.82, 2.24) is 20.7 Å². The van der Waals surface area contributed by atoms with Crippen molar-refractivity contribution >= 4 is 34.3 Å². The first-order valence-electron chi connectivity index (χ1n) is 7.08. The predicted molar refractivity (Wildman–Crippen MR) is 85.5 cm³/mol. The van der Waals surface area contributed by atoms with Gasteiger partial charge < -0.3 is 10.3 Å². The molecule has 0 atom stereocenters. The number of imidazole rings is 1. The van der Waals surface area contributed by atoms with E-state index in [-0.39, 0.29) is 0 Å². The van der Waals surface area contributed by atoms with E-state index < -0.39 is 0 Å². The second-order valence-electron chi connectivity index (χ2n) is 5.16. The number of nitrogens with one attached hydrogen (secondary N) is 4. The smallest absolute Gasteiger partial charge is 0.220 e. The first-order valence-corrected chi connectivity index (χ1v) is 7.49. The fourth-order valence-corrected chi connectivity index (χ4v) is 2.81. The minimum absolute atomic E-state index is 0.501. The highest BCUT2D eigenvalue weighted by molar-refractivity contribution is 7.80. The Morgan fingerprint density at radius 1 is 1.20 bits per heavy atom. The molecule has 0 saturated heterocycles. The Morgan fingerprint density at radius 2 is 2.00 bits per heavy atom. The molecule has 0 radical (unpaired) electrons. The van der Waals surface area contributed by atoms with Gasteiger partial charge in [0.25, 0.3) is 0 Å². The normalized spacial score (nSPS) is 16.0. The quantitative estimate of drug-likeness (QED) is 0.517. The van der Waals surface area contributed by atoms with Gasteiger partial charge in [-0.25, -0.2) is 4.98 Å². The van der Waals surface area contributed by atoms with Crippen LogP contribution in [0.15, 0.2) is 24.3 Å². The van der Waals surface area contributed by atoms with Crippen LogP contribution in [0.4, 0.5) is 5.95 Å². The molecule has 4 N–H and O–H groups in total. The summed E-state index contributed by atoms with van der Waals surface area (Å²) >= 11 is 5.29. The van der Waals surface area contributed by atoms with E-state index in [4.69, 9.17) is 12.2 Å². The highest BCUT2D eigenvalue weighted by Crippen LogP contribution is 2.17. The van der Waals surface area contributed by atoms with E-state index in [1.165, 1.54) is 32.1 Å². The Kier molecular flexibility index (Phi) is 4.01. The molecule has 106 valence electrons. The molecule has 1 fully saturated rings. The standard InChI is InChI=1S/C14H19N5S/c20-14(15-10-6-2-1-3-7-10)19-18-13-16-11-8-4-5-9-12(11)17-13/h4-5,8-10H,1-3,6-7H2,(H2,15,19,20)(H2,16,17,18). The van der Waals surface area contributed by atoms with Crippen LogP contribution < -0.4 is 16.2 Å². The van der Waals surface area contributed by atoms with Crippen LogP contribution in [0.3, 0.4) is 0 Å². The lowest BCUT2D eigenvalue weighted by atomic mass is 9.96. The fourth-order valence-electron chi connectivity index (χ4n) is 2.60. The van der Waals surface area contributed by atoms with Gasteiger partial charge in [-0.15, -0.1) is 0 Å². The number of hydrogen-bond donors (Lipinski definition) is 4. The van der Waals surface area contributed by atoms with Crippen LogP contribution in [0.25, 0.3) is 11.0 Å². The van der Waals surface area contributed by atoms with Crippen LogP contribution in [0, 0.1) is 0 Å². The number of fused-ring (bicyclic) bond motifs is 1. The molecule has 1 heterocycles. The highest BCUT2D eigenvalue weighted by Gasteiger charge is 2.13. The summed E-state index contributed by atoms with van der Waals surface area (Å²) < 4.78 is 0. The molecule has 0 bridgehead atoms. The van der Waals surface area contributed by atoms with E-state index >= 15 is 0 Å². The third-order valence-electron chi connectivity index (χ3n) is 3.62. The van der Waals surface area contributed by atoms with Crippen LogP contribution in [0.1, 0.15) is 32.1 Å². The molecule has 20 heavy (non-hydrogen) atoms. The highest BCUT2D eigenvalue weighted by atomic mass is 32.1. The molecular weight excluding hydrogens is 270 g/mol. The molecule has 0 amide bonds. The molecule has 0 aliphatic heterocycles. The second-order valence-corrected chi connectivity index (χ2v) is 5.57. The number of aromatic nitrogens is 2. The molecule has 6 heteroatoms. The monoisotopic (exact) mass is 289 g/mol. The van der Waals surface area contributed by atoms with Gasteiger partial charge in [-0.05, 0) is 37.2 Å². The van der Waals surface area contributed by atoms with Crippen molar-refractivity contribution in [2.75, 3.05) is 5.43 Å². The van der Waals surface area contributed by atoms with Gasteiger partial charge >= 0.3 is 0 Å². The Bertz CT molecular complexity index is 555. The largest absolute Gasteiger partial charge is 0.359 e. The van der Waals surface area contributed by atoms with E-state index in [0.717, 1.165) is 11.0 Å². The summed E-state index contributed by atoms with van der Waals surface area (Å²) in [6.45, 7) is 0. The maximum absolute atomic E-state index is 5.29. The summed E-state index contributed by atoms with van der Waals surface area (Å²) in [5, 5.41) is 3.96. The SMILES string of the molecule is S=C(NNc1nc2ccccc2[nH]1)NC1CCCCC1. The van der Waals surface area contributed by atoms with Gasteiger partial charge in [-0.1, -0.05) is 31.4 Å². The molecular formula is C14H19N5S. The number of aromatic amines is 1. The minimum atomic E-state index is 0.501. The molecule has 2 aromatic rings. The average molecular weight is 289 g/mol. The summed E-state index contributed by atoms with van der Waals surface area (Å²) in [7, 11) is 0. The number of benzene rings is 1. The number of rotatable bonds is 3. The Hall–Kier alpha value is -1.82. The van der Waals surface area contributed by atoms with E-state index in [1.807, 2.05) is 24.3 Å². The number of para-hydroxylation sites is 2. The molecule has 1 aromatic carbocycles. The van der Waals surface area contributed by atoms with Crippen LogP contribution in [0.5, 0.6) is 0 Å². The third-order valence-corrected chi connectivity index (χ3v) is 3.84. The van der Waals surface area contributed by atoms with Crippen LogP contribution in [-0.4, -0.2) is 21.1 Å². The Morgan fingerprint density at radius 3 is 2.80 bits per heavy atom. The van der Waals surface area contributed by atoms with E-state index in [1.54, 1.807) is 0 Å². The fraction of sp³-hybridized carbons (Fsp3) is 0.429. The van der Waals surface area contributed by atoms with Gasteiger partial charge in [-0.2, -0.15) is 0 Å². The van der Waals surface area contributed by atoms with Crippen molar-refractivity contribution in [2.45, 2.75) is 38.1 Å². The maximum atomic E-state index is 5.29. The van der Waals surface area contributed by atoms with Gasteiger partial charge in [0.2, 0.25) is 5.95 Å². The number of thiocarbonyl (C=S) groups is 1. The summed E-state index contributed by atoms with van der Waals surface area (Å²) in [4.78, 5) is 7.60. The summed E-state index contributed by atoms with van der Waals surface area (Å²) in [5.74, 6) is 0.666. The zero-order chi connectivity index (χ0) is 13.8. The Labute approximate surface area is 123 Å². The van der Waals surface area contributed by atoms with E-state index in [0.29, 0.717) is 17.1 Å². The van der Waals surface area contributed by atoms with Gasteiger partial charge in [0, 0.05) is 6.04 Å². The summed E-state index contributed by atoms with van der Waals surface area (Å²) in [6.07, 6.45) is 6.32. The number of H-pyrrole nitrogens is 1. The summed E-state index contributed by atoms with van der Waals surface area (Å²) in [6, 6.07) is 8.41. The van der Waals surface area contributed by atoms with Gasteiger partial charge in [-0.3, -0.25) is 10.9 Å². The topological polar surface area (TPSA) is 64.8 Å². The van der Waals surface area contributed by atoms with Crippen molar-refractivity contribution in [2.24, 2.45) is 0 Å². The number of anilines is 1. The van der Waals surface area contributed by atoms with E-state index in [9.17, 15) is 0 Å². The van der Waals surface area contributed by atoms with Crippen LogP contribution in [-0.2, 0) is 0 Å². The molecule has 1 saturated carbocycles. The predicted octanol–water partition coefficient (Wildman–Crippen LogP) is 2.69.